The minimum absolute atomic E-state index is 0.103. The number of halogens is 1. The number of nitrogens with zero attached hydrogens (tertiary/aromatic N) is 1. The normalized spacial score (nSPS) is 14.8. The van der Waals surface area contributed by atoms with Crippen LogP contribution in [0.15, 0.2) is 72.2 Å². The molecule has 0 bridgehead atoms. The van der Waals surface area contributed by atoms with Gasteiger partial charge in [-0.25, -0.2) is 0 Å². The number of carbonyl (C=O) groups excluding carboxylic acids is 1. The van der Waals surface area contributed by atoms with Gasteiger partial charge in [0.25, 0.3) is 5.91 Å². The van der Waals surface area contributed by atoms with Crippen LogP contribution in [-0.4, -0.2) is 28.3 Å². The van der Waals surface area contributed by atoms with E-state index in [1.807, 2.05) is 43.3 Å². The number of fused-ring (bicyclic) bond motifs is 1. The van der Waals surface area contributed by atoms with E-state index >= 15 is 0 Å². The lowest BCUT2D eigenvalue weighted by molar-refractivity contribution is -0.121. The van der Waals surface area contributed by atoms with Crippen LogP contribution in [0.2, 0.25) is 0 Å². The van der Waals surface area contributed by atoms with Crippen molar-refractivity contribution in [1.29, 1.82) is 0 Å². The molecule has 1 amide bonds. The smallest absolute Gasteiger partial charge is 0.266 e. The fraction of sp³-hybridized carbons (Fsp3) is 0.154. The van der Waals surface area contributed by atoms with Crippen molar-refractivity contribution in [3.05, 3.63) is 86.9 Å². The van der Waals surface area contributed by atoms with Gasteiger partial charge in [-0.3, -0.25) is 9.69 Å². The molecule has 168 valence electrons. The molecule has 1 aliphatic heterocycles. The van der Waals surface area contributed by atoms with Crippen LogP contribution in [0.25, 0.3) is 16.8 Å². The highest BCUT2D eigenvalue weighted by Crippen LogP contribution is 2.38. The van der Waals surface area contributed by atoms with Crippen LogP contribution in [0, 0.1) is 3.57 Å². The van der Waals surface area contributed by atoms with Crippen molar-refractivity contribution in [3.8, 4) is 11.5 Å². The Kier molecular flexibility index (Phi) is 7.72. The number of amides is 1. The Labute approximate surface area is 216 Å². The Morgan fingerprint density at radius 1 is 1.15 bits per heavy atom. The second-order valence-electron chi connectivity index (χ2n) is 7.27. The molecule has 1 fully saturated rings. The molecule has 0 N–H and O–H groups in total. The minimum Gasteiger partial charge on any atom is -0.490 e. The van der Waals surface area contributed by atoms with Gasteiger partial charge in [0, 0.05) is 6.54 Å². The molecule has 3 aromatic rings. The number of thioether (sulfide) groups is 1. The highest BCUT2D eigenvalue weighted by molar-refractivity contribution is 14.1. The molecule has 33 heavy (non-hydrogen) atoms. The molecule has 0 aliphatic carbocycles. The topological polar surface area (TPSA) is 38.8 Å². The first-order valence-corrected chi connectivity index (χ1v) is 12.7. The summed E-state index contributed by atoms with van der Waals surface area (Å²) in [4.78, 5) is 14.8. The van der Waals surface area contributed by atoms with Crippen molar-refractivity contribution in [2.24, 2.45) is 0 Å². The first-order valence-electron chi connectivity index (χ1n) is 10.4. The third-order valence-corrected chi connectivity index (χ3v) is 7.25. The molecule has 4 rings (SSSR count). The zero-order valence-corrected chi connectivity index (χ0v) is 21.8. The van der Waals surface area contributed by atoms with Gasteiger partial charge < -0.3 is 9.47 Å². The van der Waals surface area contributed by atoms with E-state index in [1.54, 1.807) is 11.0 Å². The van der Waals surface area contributed by atoms with Crippen molar-refractivity contribution < 1.29 is 14.3 Å². The summed E-state index contributed by atoms with van der Waals surface area (Å²) in [5.74, 6) is 1.24. The fourth-order valence-corrected chi connectivity index (χ4v) is 5.64. The van der Waals surface area contributed by atoms with E-state index < -0.39 is 0 Å². The molecule has 0 spiro atoms. The molecule has 0 radical (unpaired) electrons. The van der Waals surface area contributed by atoms with Gasteiger partial charge in [-0.2, -0.15) is 0 Å². The Morgan fingerprint density at radius 3 is 2.73 bits per heavy atom. The molecule has 0 atom stereocenters. The van der Waals surface area contributed by atoms with Gasteiger partial charge in [0.05, 0.1) is 15.1 Å². The van der Waals surface area contributed by atoms with E-state index in [0.29, 0.717) is 40.5 Å². The number of carbonyl (C=O) groups is 1. The predicted octanol–water partition coefficient (Wildman–Crippen LogP) is 6.81. The lowest BCUT2D eigenvalue weighted by Gasteiger charge is -2.16. The average molecular weight is 588 g/mol. The SMILES string of the molecule is C=CCN1C(=O)/C(=C/c2cc(I)c(OCc3cccc4ccccc34)c(OCC)c2)SC1=S. The monoisotopic (exact) mass is 587 g/mol. The first kappa shape index (κ1) is 23.8. The molecule has 1 saturated heterocycles. The summed E-state index contributed by atoms with van der Waals surface area (Å²) in [6.45, 7) is 6.98. The number of hydrogen-bond acceptors (Lipinski definition) is 5. The second kappa shape index (κ2) is 10.7. The molecule has 7 heteroatoms. The Bertz CT molecular complexity index is 1270. The number of ether oxygens (including phenoxy) is 2. The van der Waals surface area contributed by atoms with Gasteiger partial charge in [-0.05, 0) is 69.6 Å². The molecule has 0 unspecified atom stereocenters. The summed E-state index contributed by atoms with van der Waals surface area (Å²) in [5.41, 5.74) is 1.97. The quantitative estimate of drug-likeness (QED) is 0.125. The highest BCUT2D eigenvalue weighted by atomic mass is 127. The minimum atomic E-state index is -0.103. The van der Waals surface area contributed by atoms with Crippen LogP contribution < -0.4 is 9.47 Å². The summed E-state index contributed by atoms with van der Waals surface area (Å²) in [5, 5.41) is 2.36. The van der Waals surface area contributed by atoms with Gasteiger partial charge >= 0.3 is 0 Å². The van der Waals surface area contributed by atoms with E-state index in [4.69, 9.17) is 21.7 Å². The van der Waals surface area contributed by atoms with Crippen LogP contribution in [0.1, 0.15) is 18.1 Å². The van der Waals surface area contributed by atoms with Crippen molar-refractivity contribution in [1.82, 2.24) is 4.90 Å². The zero-order valence-electron chi connectivity index (χ0n) is 18.0. The number of hydrogen-bond donors (Lipinski definition) is 0. The van der Waals surface area contributed by atoms with Gasteiger partial charge in [0.2, 0.25) is 0 Å². The average Bonchev–Trinajstić information content (AvgIpc) is 3.06. The number of rotatable bonds is 8. The molecular weight excluding hydrogens is 565 g/mol. The van der Waals surface area contributed by atoms with Gasteiger partial charge in [0.15, 0.2) is 11.5 Å². The largest absolute Gasteiger partial charge is 0.490 e. The predicted molar refractivity (Wildman–Crippen MR) is 149 cm³/mol. The first-order chi connectivity index (χ1) is 16.0. The second-order valence-corrected chi connectivity index (χ2v) is 10.1. The molecule has 1 aliphatic rings. The van der Waals surface area contributed by atoms with Crippen molar-refractivity contribution in [2.45, 2.75) is 13.5 Å². The highest BCUT2D eigenvalue weighted by Gasteiger charge is 2.31. The van der Waals surface area contributed by atoms with Crippen LogP contribution in [0.5, 0.6) is 11.5 Å². The molecular formula is C26H22INO3S2. The molecule has 4 nitrogen and oxygen atoms in total. The summed E-state index contributed by atoms with van der Waals surface area (Å²) in [7, 11) is 0. The van der Waals surface area contributed by atoms with Gasteiger partial charge in [-0.15, -0.1) is 6.58 Å². The van der Waals surface area contributed by atoms with E-state index in [0.717, 1.165) is 14.7 Å². The van der Waals surface area contributed by atoms with Crippen molar-refractivity contribution >= 4 is 73.6 Å². The van der Waals surface area contributed by atoms with E-state index in [2.05, 4.69) is 53.4 Å². The van der Waals surface area contributed by atoms with Crippen LogP contribution in [0.4, 0.5) is 0 Å². The van der Waals surface area contributed by atoms with Crippen molar-refractivity contribution in [3.63, 3.8) is 0 Å². The van der Waals surface area contributed by atoms with E-state index in [1.165, 1.54) is 22.5 Å². The summed E-state index contributed by atoms with van der Waals surface area (Å²) < 4.78 is 13.6. The van der Waals surface area contributed by atoms with Crippen molar-refractivity contribution in [2.75, 3.05) is 13.2 Å². The Hall–Kier alpha value is -2.36. The third-order valence-electron chi connectivity index (χ3n) is 5.07. The van der Waals surface area contributed by atoms with Gasteiger partial charge in [0.1, 0.15) is 10.9 Å². The van der Waals surface area contributed by atoms with Gasteiger partial charge in [-0.1, -0.05) is 72.5 Å². The number of benzene rings is 3. The number of thiocarbonyl (C=S) groups is 1. The van der Waals surface area contributed by atoms with Crippen LogP contribution in [0.3, 0.4) is 0 Å². The molecule has 0 aromatic heterocycles. The van der Waals surface area contributed by atoms with Crippen LogP contribution >= 0.6 is 46.6 Å². The maximum atomic E-state index is 12.7. The van der Waals surface area contributed by atoms with E-state index in [-0.39, 0.29) is 5.91 Å². The van der Waals surface area contributed by atoms with E-state index in [9.17, 15) is 4.79 Å². The summed E-state index contributed by atoms with van der Waals surface area (Å²) in [6.07, 6.45) is 3.52. The summed E-state index contributed by atoms with van der Waals surface area (Å²) in [6, 6.07) is 18.4. The Balaban J connectivity index is 1.62. The fourth-order valence-electron chi connectivity index (χ4n) is 3.58. The molecule has 0 saturated carbocycles. The molecule has 3 aromatic carbocycles. The zero-order chi connectivity index (χ0) is 23.4. The lowest BCUT2D eigenvalue weighted by atomic mass is 10.1. The molecule has 1 heterocycles. The standard InChI is InChI=1S/C26H22INO3S2/c1-3-12-28-25(29)23(33-26(28)32)15-17-13-21(27)24(22(14-17)30-4-2)31-16-19-10-7-9-18-8-5-6-11-20(18)19/h3,5-11,13-15H,1,4,12,16H2,2H3/b23-15-. The maximum absolute atomic E-state index is 12.7. The van der Waals surface area contributed by atoms with Crippen LogP contribution in [-0.2, 0) is 11.4 Å². The summed E-state index contributed by atoms with van der Waals surface area (Å²) >= 11 is 8.89. The lowest BCUT2D eigenvalue weighted by Crippen LogP contribution is -2.27. The maximum Gasteiger partial charge on any atom is 0.266 e. The third kappa shape index (κ3) is 5.26. The Morgan fingerprint density at radius 2 is 1.94 bits per heavy atom.